The van der Waals surface area contributed by atoms with Crippen molar-refractivity contribution in [3.8, 4) is 0 Å². The van der Waals surface area contributed by atoms with Crippen LogP contribution in [0.1, 0.15) is 48.8 Å². The average molecular weight is 330 g/mol. The Kier molecular flexibility index (Phi) is 5.08. The summed E-state index contributed by atoms with van der Waals surface area (Å²) in [7, 11) is 0. The van der Waals surface area contributed by atoms with Crippen molar-refractivity contribution in [2.75, 3.05) is 0 Å². The molecule has 0 aliphatic heterocycles. The van der Waals surface area contributed by atoms with Gasteiger partial charge in [0.2, 0.25) is 0 Å². The van der Waals surface area contributed by atoms with Gasteiger partial charge in [-0.2, -0.15) is 13.2 Å². The molecule has 3 rings (SSSR count). The van der Waals surface area contributed by atoms with Gasteiger partial charge in [0.05, 0.1) is 5.56 Å². The first-order valence-electron chi connectivity index (χ1n) is 8.48. The summed E-state index contributed by atoms with van der Waals surface area (Å²) in [5.74, 6) is 0.489. The quantitative estimate of drug-likeness (QED) is 0.541. The summed E-state index contributed by atoms with van der Waals surface area (Å²) < 4.78 is 38.2. The fourth-order valence-electron chi connectivity index (χ4n) is 3.43. The molecule has 1 fully saturated rings. The number of alkyl halides is 3. The molecule has 2 aromatic carbocycles. The van der Waals surface area contributed by atoms with Crippen molar-refractivity contribution in [2.24, 2.45) is 5.92 Å². The molecule has 0 saturated heterocycles. The van der Waals surface area contributed by atoms with Crippen LogP contribution in [0.15, 0.2) is 54.6 Å². The summed E-state index contributed by atoms with van der Waals surface area (Å²) in [6.45, 7) is 0. The minimum Gasteiger partial charge on any atom is -0.166 e. The first-order valence-corrected chi connectivity index (χ1v) is 8.48. The molecular formula is C21H21F3. The van der Waals surface area contributed by atoms with E-state index in [4.69, 9.17) is 0 Å². The van der Waals surface area contributed by atoms with Crippen molar-refractivity contribution in [3.63, 3.8) is 0 Å². The monoisotopic (exact) mass is 330 g/mol. The van der Waals surface area contributed by atoms with E-state index in [9.17, 15) is 13.2 Å². The van der Waals surface area contributed by atoms with Crippen molar-refractivity contribution in [1.29, 1.82) is 0 Å². The van der Waals surface area contributed by atoms with E-state index in [1.54, 1.807) is 12.1 Å². The summed E-state index contributed by atoms with van der Waals surface area (Å²) in [5, 5.41) is 0. The van der Waals surface area contributed by atoms with E-state index < -0.39 is 11.7 Å². The molecule has 1 saturated carbocycles. The molecule has 3 heteroatoms. The number of halogens is 3. The van der Waals surface area contributed by atoms with Gasteiger partial charge >= 0.3 is 6.18 Å². The second kappa shape index (κ2) is 7.25. The maximum atomic E-state index is 12.7. The van der Waals surface area contributed by atoms with Gasteiger partial charge in [0.15, 0.2) is 0 Å². The van der Waals surface area contributed by atoms with Crippen LogP contribution in [0, 0.1) is 5.92 Å². The van der Waals surface area contributed by atoms with E-state index in [1.807, 2.05) is 18.2 Å². The Hall–Kier alpha value is -2.03. The highest BCUT2D eigenvalue weighted by Crippen LogP contribution is 2.37. The highest BCUT2D eigenvalue weighted by Gasteiger charge is 2.29. The minimum atomic E-state index is -4.28. The maximum absolute atomic E-state index is 12.7. The molecule has 0 spiro atoms. The summed E-state index contributed by atoms with van der Waals surface area (Å²) in [6, 6.07) is 15.6. The number of hydrogen-bond acceptors (Lipinski definition) is 0. The van der Waals surface area contributed by atoms with Crippen molar-refractivity contribution in [2.45, 2.75) is 38.3 Å². The van der Waals surface area contributed by atoms with Gasteiger partial charge in [-0.15, -0.1) is 0 Å². The molecule has 2 aromatic rings. The summed E-state index contributed by atoms with van der Waals surface area (Å²) in [5.41, 5.74) is 2.64. The normalized spacial score (nSPS) is 17.0. The topological polar surface area (TPSA) is 0 Å². The zero-order valence-corrected chi connectivity index (χ0v) is 13.5. The lowest BCUT2D eigenvalue weighted by atomic mass is 9.80. The van der Waals surface area contributed by atoms with Gasteiger partial charge in [0.25, 0.3) is 0 Å². The van der Waals surface area contributed by atoms with Gasteiger partial charge in [-0.25, -0.2) is 0 Å². The van der Waals surface area contributed by atoms with Crippen LogP contribution >= 0.6 is 0 Å². The summed E-state index contributed by atoms with van der Waals surface area (Å²) in [4.78, 5) is 0. The number of hydrogen-bond donors (Lipinski definition) is 0. The van der Waals surface area contributed by atoms with Gasteiger partial charge in [-0.1, -0.05) is 67.8 Å². The van der Waals surface area contributed by atoms with Crippen molar-refractivity contribution in [1.82, 2.24) is 0 Å². The van der Waals surface area contributed by atoms with E-state index in [2.05, 4.69) is 18.2 Å². The lowest BCUT2D eigenvalue weighted by Gasteiger charge is -2.25. The molecule has 0 nitrogen and oxygen atoms in total. The van der Waals surface area contributed by atoms with E-state index in [0.717, 1.165) is 30.5 Å². The third-order valence-electron chi connectivity index (χ3n) is 4.71. The molecule has 0 atom stereocenters. The Bertz CT molecular complexity index is 675. The molecule has 0 unspecified atom stereocenters. The first kappa shape index (κ1) is 16.8. The Morgan fingerprint density at radius 2 is 1.46 bits per heavy atom. The Labute approximate surface area is 141 Å². The maximum Gasteiger partial charge on any atom is 0.416 e. The van der Waals surface area contributed by atoms with Gasteiger partial charge in [-0.05, 0) is 47.6 Å². The Morgan fingerprint density at radius 1 is 0.833 bits per heavy atom. The molecule has 0 amide bonds. The van der Waals surface area contributed by atoms with Gasteiger partial charge in [0.1, 0.15) is 0 Å². The largest absolute Gasteiger partial charge is 0.416 e. The van der Waals surface area contributed by atoms with Crippen LogP contribution in [0.2, 0.25) is 0 Å². The zero-order valence-electron chi connectivity index (χ0n) is 13.5. The van der Waals surface area contributed by atoms with Crippen LogP contribution in [0.3, 0.4) is 0 Å². The van der Waals surface area contributed by atoms with E-state index in [1.165, 1.54) is 30.4 Å². The lowest BCUT2D eigenvalue weighted by Crippen LogP contribution is -2.08. The van der Waals surface area contributed by atoms with Crippen LogP contribution in [0.5, 0.6) is 0 Å². The molecule has 0 radical (unpaired) electrons. The van der Waals surface area contributed by atoms with Crippen LogP contribution in [0.4, 0.5) is 13.2 Å². The van der Waals surface area contributed by atoms with Crippen LogP contribution in [-0.2, 0) is 6.18 Å². The van der Waals surface area contributed by atoms with Gasteiger partial charge < -0.3 is 0 Å². The van der Waals surface area contributed by atoms with E-state index >= 15 is 0 Å². The lowest BCUT2D eigenvalue weighted by molar-refractivity contribution is -0.137. The predicted octanol–water partition coefficient (Wildman–Crippen LogP) is 6.83. The van der Waals surface area contributed by atoms with Crippen LogP contribution in [0.25, 0.3) is 11.6 Å². The molecule has 0 heterocycles. The molecule has 0 N–H and O–H groups in total. The van der Waals surface area contributed by atoms with Crippen LogP contribution in [-0.4, -0.2) is 0 Å². The average Bonchev–Trinajstić information content (AvgIpc) is 2.61. The fraction of sp³-hybridized carbons (Fsp3) is 0.333. The minimum absolute atomic E-state index is 0.489. The molecule has 24 heavy (non-hydrogen) atoms. The van der Waals surface area contributed by atoms with Crippen molar-refractivity contribution < 1.29 is 13.2 Å². The molecule has 126 valence electrons. The number of benzene rings is 2. The number of rotatable bonds is 3. The van der Waals surface area contributed by atoms with E-state index in [-0.39, 0.29) is 0 Å². The van der Waals surface area contributed by atoms with Gasteiger partial charge in [-0.3, -0.25) is 0 Å². The fourth-order valence-corrected chi connectivity index (χ4v) is 3.43. The third kappa shape index (κ3) is 4.08. The molecule has 0 aromatic heterocycles. The highest BCUT2D eigenvalue weighted by atomic mass is 19.4. The molecular weight excluding hydrogens is 309 g/mol. The Morgan fingerprint density at radius 3 is 2.04 bits per heavy atom. The number of allylic oxidation sites excluding steroid dienone is 1. The molecule has 0 bridgehead atoms. The molecule has 1 aliphatic carbocycles. The zero-order chi connectivity index (χ0) is 17.0. The second-order valence-electron chi connectivity index (χ2n) is 6.42. The summed E-state index contributed by atoms with van der Waals surface area (Å²) in [6.07, 6.45) is 3.81. The SMILES string of the molecule is FC(F)(F)c1ccc(/C=C(/c2ccccc2)C2CCCCC2)cc1. The van der Waals surface area contributed by atoms with Gasteiger partial charge in [0, 0.05) is 0 Å². The van der Waals surface area contributed by atoms with E-state index in [0.29, 0.717) is 5.92 Å². The predicted molar refractivity (Wildman–Crippen MR) is 92.3 cm³/mol. The standard InChI is InChI=1S/C21H21F3/c22-21(23,24)19-13-11-16(12-14-19)15-20(17-7-3-1-4-8-17)18-9-5-2-6-10-18/h1,3-4,7-8,11-15,18H,2,5-6,9-10H2/b20-15-. The molecule has 1 aliphatic rings. The van der Waals surface area contributed by atoms with Crippen molar-refractivity contribution in [3.05, 3.63) is 71.3 Å². The second-order valence-corrected chi connectivity index (χ2v) is 6.42. The Balaban J connectivity index is 1.94. The smallest absolute Gasteiger partial charge is 0.166 e. The summed E-state index contributed by atoms with van der Waals surface area (Å²) >= 11 is 0. The van der Waals surface area contributed by atoms with Crippen LogP contribution < -0.4 is 0 Å². The highest BCUT2D eigenvalue weighted by molar-refractivity contribution is 5.82. The van der Waals surface area contributed by atoms with Crippen molar-refractivity contribution >= 4 is 11.6 Å². The first-order chi connectivity index (χ1) is 11.5. The third-order valence-corrected chi connectivity index (χ3v) is 4.71.